The van der Waals surface area contributed by atoms with Crippen LogP contribution in [-0.2, 0) is 4.74 Å². The number of nitrogens with one attached hydrogen (secondary N) is 2. The molecule has 1 aliphatic rings. The van der Waals surface area contributed by atoms with Crippen LogP contribution in [0.1, 0.15) is 20.8 Å². The van der Waals surface area contributed by atoms with E-state index >= 15 is 0 Å². The zero-order chi connectivity index (χ0) is 14.0. The van der Waals surface area contributed by atoms with E-state index in [2.05, 4.69) is 10.6 Å². The number of rotatable bonds is 2. The lowest BCUT2D eigenvalue weighted by Gasteiger charge is -2.23. The molecule has 7 heteroatoms. The summed E-state index contributed by atoms with van der Waals surface area (Å²) in [5.41, 5.74) is -0.651. The van der Waals surface area contributed by atoms with Crippen molar-refractivity contribution in [3.05, 3.63) is 0 Å². The Hall–Kier alpha value is -0.980. The lowest BCUT2D eigenvalue weighted by molar-refractivity contribution is -0.178. The molecule has 0 saturated carbocycles. The van der Waals surface area contributed by atoms with Gasteiger partial charge in [0.05, 0.1) is 5.92 Å². The molecule has 0 radical (unpaired) electrons. The lowest BCUT2D eigenvalue weighted by atomic mass is 9.95. The van der Waals surface area contributed by atoms with Crippen LogP contribution >= 0.6 is 0 Å². The summed E-state index contributed by atoms with van der Waals surface area (Å²) in [7, 11) is 0. The molecule has 1 heterocycles. The Morgan fingerprint density at radius 3 is 2.44 bits per heavy atom. The Morgan fingerprint density at radius 2 is 1.94 bits per heavy atom. The third kappa shape index (κ3) is 4.72. The van der Waals surface area contributed by atoms with Gasteiger partial charge in [0.25, 0.3) is 0 Å². The van der Waals surface area contributed by atoms with Gasteiger partial charge in [-0.25, -0.2) is 4.79 Å². The molecular weight excluding hydrogens is 249 g/mol. The van der Waals surface area contributed by atoms with E-state index in [0.29, 0.717) is 0 Å². The molecular formula is C11H19F3N2O2. The standard InChI is InChI=1S/C11H19F3N2O2/c1-10(2,3)18-9(17)16-5-7-4-15-6-8(7)11(12,13)14/h7-8,15H,4-6H2,1-3H3,(H,16,17)/t7-,8-/m1/s1. The molecule has 106 valence electrons. The molecule has 0 aromatic rings. The molecule has 0 aromatic heterocycles. The van der Waals surface area contributed by atoms with Gasteiger partial charge in [-0.15, -0.1) is 0 Å². The number of carbonyl (C=O) groups is 1. The normalized spacial score (nSPS) is 25.0. The van der Waals surface area contributed by atoms with Gasteiger partial charge in [-0.05, 0) is 20.8 Å². The van der Waals surface area contributed by atoms with Gasteiger partial charge in [0, 0.05) is 25.6 Å². The van der Waals surface area contributed by atoms with Crippen LogP contribution in [0, 0.1) is 11.8 Å². The molecule has 1 saturated heterocycles. The number of hydrogen-bond donors (Lipinski definition) is 2. The lowest BCUT2D eigenvalue weighted by Crippen LogP contribution is -2.39. The van der Waals surface area contributed by atoms with Gasteiger partial charge in [0.2, 0.25) is 0 Å². The van der Waals surface area contributed by atoms with Crippen molar-refractivity contribution in [2.45, 2.75) is 32.5 Å². The zero-order valence-electron chi connectivity index (χ0n) is 10.7. The first-order valence-electron chi connectivity index (χ1n) is 5.84. The van der Waals surface area contributed by atoms with Crippen molar-refractivity contribution in [2.24, 2.45) is 11.8 Å². The van der Waals surface area contributed by atoms with Crippen LogP contribution < -0.4 is 10.6 Å². The van der Waals surface area contributed by atoms with E-state index in [1.165, 1.54) is 0 Å². The first-order valence-corrected chi connectivity index (χ1v) is 5.84. The number of carbonyl (C=O) groups excluding carboxylic acids is 1. The summed E-state index contributed by atoms with van der Waals surface area (Å²) in [6, 6.07) is 0. The highest BCUT2D eigenvalue weighted by Crippen LogP contribution is 2.33. The van der Waals surface area contributed by atoms with Crippen molar-refractivity contribution < 1.29 is 22.7 Å². The molecule has 0 aliphatic carbocycles. The highest BCUT2D eigenvalue weighted by Gasteiger charge is 2.47. The summed E-state index contributed by atoms with van der Waals surface area (Å²) >= 11 is 0. The maximum absolute atomic E-state index is 12.6. The van der Waals surface area contributed by atoms with E-state index in [1.54, 1.807) is 20.8 Å². The molecule has 4 nitrogen and oxygen atoms in total. The number of ether oxygens (including phenoxy) is 1. The van der Waals surface area contributed by atoms with Crippen LogP contribution in [0.25, 0.3) is 0 Å². The molecule has 1 rings (SSSR count). The summed E-state index contributed by atoms with van der Waals surface area (Å²) in [5.74, 6) is -2.05. The summed E-state index contributed by atoms with van der Waals surface area (Å²) in [6.07, 6.45) is -4.92. The maximum atomic E-state index is 12.6. The van der Waals surface area contributed by atoms with Crippen molar-refractivity contribution in [1.82, 2.24) is 10.6 Å². The van der Waals surface area contributed by atoms with E-state index < -0.39 is 29.7 Å². The third-order valence-electron chi connectivity index (χ3n) is 2.67. The van der Waals surface area contributed by atoms with Gasteiger partial charge in [-0.3, -0.25) is 0 Å². The van der Waals surface area contributed by atoms with Crippen LogP contribution in [0.2, 0.25) is 0 Å². The molecule has 2 atom stereocenters. The molecule has 18 heavy (non-hydrogen) atoms. The van der Waals surface area contributed by atoms with Gasteiger partial charge in [-0.2, -0.15) is 13.2 Å². The molecule has 0 spiro atoms. The van der Waals surface area contributed by atoms with Crippen molar-refractivity contribution in [2.75, 3.05) is 19.6 Å². The predicted octanol–water partition coefficient (Wildman–Crippen LogP) is 1.91. The molecule has 0 unspecified atom stereocenters. The molecule has 0 bridgehead atoms. The number of hydrogen-bond acceptors (Lipinski definition) is 3. The third-order valence-corrected chi connectivity index (χ3v) is 2.67. The molecule has 2 N–H and O–H groups in total. The fourth-order valence-corrected chi connectivity index (χ4v) is 1.86. The second kappa shape index (κ2) is 5.34. The number of alkyl halides is 3. The van der Waals surface area contributed by atoms with Gasteiger partial charge >= 0.3 is 12.3 Å². The first-order chi connectivity index (χ1) is 8.09. The maximum Gasteiger partial charge on any atom is 0.407 e. The monoisotopic (exact) mass is 268 g/mol. The number of halogens is 3. The predicted molar refractivity (Wildman–Crippen MR) is 60.1 cm³/mol. The molecule has 1 aliphatic heterocycles. The molecule has 1 amide bonds. The summed E-state index contributed by atoms with van der Waals surface area (Å²) in [4.78, 5) is 11.3. The summed E-state index contributed by atoms with van der Waals surface area (Å²) in [5, 5.41) is 5.07. The zero-order valence-corrected chi connectivity index (χ0v) is 10.7. The quantitative estimate of drug-likeness (QED) is 0.804. The first kappa shape index (κ1) is 15.1. The van der Waals surface area contributed by atoms with E-state index in [0.717, 1.165) is 0 Å². The molecule has 1 fully saturated rings. The van der Waals surface area contributed by atoms with Crippen LogP contribution in [-0.4, -0.2) is 37.5 Å². The second-order valence-corrected chi connectivity index (χ2v) is 5.45. The fourth-order valence-electron chi connectivity index (χ4n) is 1.86. The number of alkyl carbamates (subject to hydrolysis) is 1. The van der Waals surface area contributed by atoms with Crippen LogP contribution in [0.5, 0.6) is 0 Å². The highest BCUT2D eigenvalue weighted by atomic mass is 19.4. The van der Waals surface area contributed by atoms with Crippen LogP contribution in [0.15, 0.2) is 0 Å². The Labute approximate surface area is 104 Å². The topological polar surface area (TPSA) is 50.4 Å². The smallest absolute Gasteiger partial charge is 0.407 e. The fraction of sp³-hybridized carbons (Fsp3) is 0.909. The minimum absolute atomic E-state index is 0.0356. The Morgan fingerprint density at radius 1 is 1.33 bits per heavy atom. The Balaban J connectivity index is 2.41. The Kier molecular flexibility index (Phi) is 4.47. The summed E-state index contributed by atoms with van der Waals surface area (Å²) in [6.45, 7) is 5.21. The average molecular weight is 268 g/mol. The van der Waals surface area contributed by atoms with Crippen molar-refractivity contribution in [3.8, 4) is 0 Å². The van der Waals surface area contributed by atoms with Crippen molar-refractivity contribution in [3.63, 3.8) is 0 Å². The van der Waals surface area contributed by atoms with E-state index in [-0.39, 0.29) is 19.6 Å². The SMILES string of the molecule is CC(C)(C)OC(=O)NC[C@H]1CNC[C@H]1C(F)(F)F. The van der Waals surface area contributed by atoms with Crippen LogP contribution in [0.3, 0.4) is 0 Å². The highest BCUT2D eigenvalue weighted by molar-refractivity contribution is 5.67. The van der Waals surface area contributed by atoms with E-state index in [9.17, 15) is 18.0 Å². The second-order valence-electron chi connectivity index (χ2n) is 5.45. The van der Waals surface area contributed by atoms with E-state index in [4.69, 9.17) is 4.74 Å². The van der Waals surface area contributed by atoms with Crippen molar-refractivity contribution in [1.29, 1.82) is 0 Å². The minimum atomic E-state index is -4.23. The average Bonchev–Trinajstić information content (AvgIpc) is 2.58. The Bertz CT molecular complexity index is 300. The van der Waals surface area contributed by atoms with Gasteiger partial charge in [0.1, 0.15) is 5.60 Å². The van der Waals surface area contributed by atoms with E-state index in [1.807, 2.05) is 0 Å². The van der Waals surface area contributed by atoms with Crippen LogP contribution in [0.4, 0.5) is 18.0 Å². The van der Waals surface area contributed by atoms with Gasteiger partial charge in [-0.1, -0.05) is 0 Å². The summed E-state index contributed by atoms with van der Waals surface area (Å²) < 4.78 is 42.8. The molecule has 0 aromatic carbocycles. The minimum Gasteiger partial charge on any atom is -0.444 e. The van der Waals surface area contributed by atoms with Gasteiger partial charge < -0.3 is 15.4 Å². The largest absolute Gasteiger partial charge is 0.444 e. The van der Waals surface area contributed by atoms with Gasteiger partial charge in [0.15, 0.2) is 0 Å². The van der Waals surface area contributed by atoms with Crippen molar-refractivity contribution >= 4 is 6.09 Å². The number of amides is 1.